The van der Waals surface area contributed by atoms with Crippen LogP contribution in [0.15, 0.2) is 24.3 Å². The summed E-state index contributed by atoms with van der Waals surface area (Å²) < 4.78 is 0. The Bertz CT molecular complexity index is 334. The fourth-order valence-corrected chi connectivity index (χ4v) is 2.84. The normalized spacial score (nSPS) is 11.2. The first kappa shape index (κ1) is 17.7. The van der Waals surface area contributed by atoms with Crippen LogP contribution in [0, 0.1) is 6.92 Å². The first-order chi connectivity index (χ1) is 9.72. The number of benzene rings is 1. The summed E-state index contributed by atoms with van der Waals surface area (Å²) >= 11 is 3.48. The third-order valence-corrected chi connectivity index (χ3v) is 4.31. The van der Waals surface area contributed by atoms with Gasteiger partial charge in [-0.05, 0) is 38.9 Å². The molecule has 0 aliphatic rings. The molecule has 0 aliphatic heterocycles. The summed E-state index contributed by atoms with van der Waals surface area (Å²) in [6, 6.07) is 8.90. The molecule has 1 aromatic carbocycles. The predicted octanol–water partition coefficient (Wildman–Crippen LogP) is 5.55. The van der Waals surface area contributed by atoms with Gasteiger partial charge in [0.15, 0.2) is 0 Å². The highest BCUT2D eigenvalue weighted by Gasteiger charge is 2.00. The van der Waals surface area contributed by atoms with Gasteiger partial charge in [-0.25, -0.2) is 0 Å². The number of alkyl halides is 1. The molecule has 0 unspecified atom stereocenters. The summed E-state index contributed by atoms with van der Waals surface area (Å²) in [6.45, 7) is 4.44. The van der Waals surface area contributed by atoms with Crippen LogP contribution in [0.2, 0.25) is 0 Å². The van der Waals surface area contributed by atoms with Crippen molar-refractivity contribution < 1.29 is 0 Å². The van der Waals surface area contributed by atoms with E-state index in [4.69, 9.17) is 0 Å². The van der Waals surface area contributed by atoms with Crippen molar-refractivity contribution in [2.24, 2.45) is 0 Å². The van der Waals surface area contributed by atoms with E-state index in [0.717, 1.165) is 11.9 Å². The fourth-order valence-electron chi connectivity index (χ4n) is 2.44. The van der Waals surface area contributed by atoms with Gasteiger partial charge in [0.05, 0.1) is 0 Å². The van der Waals surface area contributed by atoms with Crippen LogP contribution >= 0.6 is 15.9 Å². The molecule has 0 bridgehead atoms. The molecule has 0 spiro atoms. The average Bonchev–Trinajstić information content (AvgIpc) is 2.44. The fraction of sp³-hybridized carbons (Fsp3) is 0.667. The summed E-state index contributed by atoms with van der Waals surface area (Å²) in [4.78, 5) is 2.44. The van der Waals surface area contributed by atoms with Crippen LogP contribution < -0.4 is 0 Å². The SMILES string of the molecule is Cc1ccc(CN(C)CCCCCCCCCBr)cc1. The molecule has 0 amide bonds. The number of rotatable bonds is 11. The third-order valence-electron chi connectivity index (χ3n) is 3.75. The first-order valence-corrected chi connectivity index (χ1v) is 9.14. The van der Waals surface area contributed by atoms with Gasteiger partial charge in [0.1, 0.15) is 0 Å². The monoisotopic (exact) mass is 339 g/mol. The average molecular weight is 340 g/mol. The van der Waals surface area contributed by atoms with Gasteiger partial charge in [-0.15, -0.1) is 0 Å². The van der Waals surface area contributed by atoms with E-state index in [-0.39, 0.29) is 0 Å². The van der Waals surface area contributed by atoms with Gasteiger partial charge in [-0.3, -0.25) is 0 Å². The van der Waals surface area contributed by atoms with Crippen LogP contribution in [0.4, 0.5) is 0 Å². The second kappa shape index (κ2) is 11.3. The summed E-state index contributed by atoms with van der Waals surface area (Å²) in [5.41, 5.74) is 2.77. The van der Waals surface area contributed by atoms with E-state index in [1.54, 1.807) is 0 Å². The maximum absolute atomic E-state index is 3.48. The number of halogens is 1. The van der Waals surface area contributed by atoms with Gasteiger partial charge >= 0.3 is 0 Å². The van der Waals surface area contributed by atoms with E-state index in [9.17, 15) is 0 Å². The van der Waals surface area contributed by atoms with Gasteiger partial charge in [-0.2, -0.15) is 0 Å². The van der Waals surface area contributed by atoms with E-state index in [2.05, 4.69) is 59.1 Å². The lowest BCUT2D eigenvalue weighted by Gasteiger charge is -2.16. The van der Waals surface area contributed by atoms with Crippen molar-refractivity contribution in [1.29, 1.82) is 0 Å². The molecule has 0 saturated heterocycles. The highest BCUT2D eigenvalue weighted by molar-refractivity contribution is 9.09. The Labute approximate surface area is 133 Å². The zero-order valence-electron chi connectivity index (χ0n) is 13.2. The first-order valence-electron chi connectivity index (χ1n) is 8.02. The predicted molar refractivity (Wildman–Crippen MR) is 93.6 cm³/mol. The minimum Gasteiger partial charge on any atom is -0.302 e. The molecule has 0 aliphatic carbocycles. The Balaban J connectivity index is 2.00. The van der Waals surface area contributed by atoms with Crippen molar-refractivity contribution in [1.82, 2.24) is 4.90 Å². The molecule has 0 radical (unpaired) electrons. The second-order valence-electron chi connectivity index (χ2n) is 5.89. The Morgan fingerprint density at radius 2 is 1.40 bits per heavy atom. The van der Waals surface area contributed by atoms with Crippen molar-refractivity contribution in [3.05, 3.63) is 35.4 Å². The Morgan fingerprint density at radius 1 is 0.850 bits per heavy atom. The summed E-state index contributed by atoms with van der Waals surface area (Å²) in [5, 5.41) is 1.16. The lowest BCUT2D eigenvalue weighted by atomic mass is 10.1. The van der Waals surface area contributed by atoms with E-state index in [1.807, 2.05) is 0 Å². The largest absolute Gasteiger partial charge is 0.302 e. The minimum absolute atomic E-state index is 1.07. The van der Waals surface area contributed by atoms with Crippen molar-refractivity contribution in [3.63, 3.8) is 0 Å². The smallest absolute Gasteiger partial charge is 0.0230 e. The number of unbranched alkanes of at least 4 members (excludes halogenated alkanes) is 6. The zero-order valence-corrected chi connectivity index (χ0v) is 14.8. The highest BCUT2D eigenvalue weighted by atomic mass is 79.9. The molecule has 0 fully saturated rings. The van der Waals surface area contributed by atoms with E-state index in [0.29, 0.717) is 0 Å². The van der Waals surface area contributed by atoms with Crippen molar-refractivity contribution in [2.45, 2.75) is 58.4 Å². The van der Waals surface area contributed by atoms with Crippen LogP contribution in [0.1, 0.15) is 56.1 Å². The van der Waals surface area contributed by atoms with Crippen LogP contribution in [0.3, 0.4) is 0 Å². The molecular weight excluding hydrogens is 310 g/mol. The lowest BCUT2D eigenvalue weighted by Crippen LogP contribution is -2.19. The lowest BCUT2D eigenvalue weighted by molar-refractivity contribution is 0.316. The molecule has 2 heteroatoms. The summed E-state index contributed by atoms with van der Waals surface area (Å²) in [5.74, 6) is 0. The van der Waals surface area contributed by atoms with Gasteiger partial charge in [-0.1, -0.05) is 77.9 Å². The van der Waals surface area contributed by atoms with E-state index in [1.165, 1.54) is 62.6 Å². The number of aryl methyl sites for hydroxylation is 1. The molecule has 114 valence electrons. The standard InChI is InChI=1S/C18H30BrN/c1-17-10-12-18(13-11-17)16-20(2)15-9-7-5-3-4-6-8-14-19/h10-13H,3-9,14-16H2,1-2H3. The quantitative estimate of drug-likeness (QED) is 0.377. The van der Waals surface area contributed by atoms with Crippen molar-refractivity contribution in [2.75, 3.05) is 18.9 Å². The molecule has 0 atom stereocenters. The van der Waals surface area contributed by atoms with Gasteiger partial charge in [0, 0.05) is 11.9 Å². The molecule has 0 heterocycles. The topological polar surface area (TPSA) is 3.24 Å². The number of hydrogen-bond acceptors (Lipinski definition) is 1. The number of hydrogen-bond donors (Lipinski definition) is 0. The Hall–Kier alpha value is -0.340. The zero-order chi connectivity index (χ0) is 14.6. The van der Waals surface area contributed by atoms with Crippen LogP contribution in [0.5, 0.6) is 0 Å². The van der Waals surface area contributed by atoms with Gasteiger partial charge < -0.3 is 4.90 Å². The van der Waals surface area contributed by atoms with Crippen LogP contribution in [0.25, 0.3) is 0 Å². The van der Waals surface area contributed by atoms with Gasteiger partial charge in [0.25, 0.3) is 0 Å². The van der Waals surface area contributed by atoms with Gasteiger partial charge in [0.2, 0.25) is 0 Å². The Kier molecular flexibility index (Phi) is 10.0. The molecule has 1 rings (SSSR count). The summed E-state index contributed by atoms with van der Waals surface area (Å²) in [7, 11) is 2.23. The molecule has 1 aromatic rings. The maximum atomic E-state index is 3.48. The molecule has 1 nitrogen and oxygen atoms in total. The molecule has 20 heavy (non-hydrogen) atoms. The molecule has 0 aromatic heterocycles. The molecule has 0 N–H and O–H groups in total. The molecular formula is C18H30BrN. The third kappa shape index (κ3) is 8.76. The van der Waals surface area contributed by atoms with E-state index < -0.39 is 0 Å². The van der Waals surface area contributed by atoms with Crippen LogP contribution in [-0.4, -0.2) is 23.8 Å². The van der Waals surface area contributed by atoms with E-state index >= 15 is 0 Å². The van der Waals surface area contributed by atoms with Crippen LogP contribution in [-0.2, 0) is 6.54 Å². The summed E-state index contributed by atoms with van der Waals surface area (Å²) in [6.07, 6.45) is 9.66. The highest BCUT2D eigenvalue weighted by Crippen LogP contribution is 2.10. The minimum atomic E-state index is 1.07. The molecule has 0 saturated carbocycles. The Morgan fingerprint density at radius 3 is 2.00 bits per heavy atom. The second-order valence-corrected chi connectivity index (χ2v) is 6.68. The number of nitrogens with zero attached hydrogens (tertiary/aromatic N) is 1. The maximum Gasteiger partial charge on any atom is 0.0230 e. The van der Waals surface area contributed by atoms with Crippen molar-refractivity contribution in [3.8, 4) is 0 Å². The van der Waals surface area contributed by atoms with Crippen molar-refractivity contribution >= 4 is 15.9 Å².